The molecule has 0 aliphatic rings. The van der Waals surface area contributed by atoms with Crippen LogP contribution in [-0.2, 0) is 9.47 Å². The smallest absolute Gasteiger partial charge is 0.0928 e. The number of methoxy groups -OCH3 is 2. The van der Waals surface area contributed by atoms with E-state index >= 15 is 0 Å². The summed E-state index contributed by atoms with van der Waals surface area (Å²) in [5, 5.41) is 3.42. The second-order valence-corrected chi connectivity index (χ2v) is 4.62. The van der Waals surface area contributed by atoms with Gasteiger partial charge in [0.25, 0.3) is 0 Å². The maximum Gasteiger partial charge on any atom is 0.0928 e. The second-order valence-electron chi connectivity index (χ2n) is 4.62. The zero-order chi connectivity index (χ0) is 13.2. The molecule has 1 N–H and O–H groups in total. The topological polar surface area (TPSA) is 30.5 Å². The highest BCUT2D eigenvalue weighted by Gasteiger charge is 2.07. The van der Waals surface area contributed by atoms with Gasteiger partial charge in [0, 0.05) is 20.8 Å². The average Bonchev–Trinajstić information content (AvgIpc) is 2.43. The van der Waals surface area contributed by atoms with Crippen LogP contribution in [0.2, 0.25) is 0 Å². The van der Waals surface area contributed by atoms with Crippen LogP contribution in [0, 0.1) is 0 Å². The summed E-state index contributed by atoms with van der Waals surface area (Å²) < 4.78 is 10.4. The fraction of sp³-hybridized carbons (Fsp3) is 0.600. The Balaban J connectivity index is 2.18. The Morgan fingerprint density at radius 1 is 1.17 bits per heavy atom. The summed E-state index contributed by atoms with van der Waals surface area (Å²) in [6, 6.07) is 10.6. The van der Waals surface area contributed by atoms with Gasteiger partial charge in [-0.15, -0.1) is 0 Å². The van der Waals surface area contributed by atoms with Crippen molar-refractivity contribution in [2.45, 2.75) is 25.4 Å². The van der Waals surface area contributed by atoms with Crippen molar-refractivity contribution in [3.8, 4) is 0 Å². The van der Waals surface area contributed by atoms with Gasteiger partial charge in [-0.2, -0.15) is 0 Å². The summed E-state index contributed by atoms with van der Waals surface area (Å²) >= 11 is 0. The fourth-order valence-electron chi connectivity index (χ4n) is 1.93. The Kier molecular flexibility index (Phi) is 7.65. The quantitative estimate of drug-likeness (QED) is 0.684. The van der Waals surface area contributed by atoms with Crippen molar-refractivity contribution >= 4 is 0 Å². The van der Waals surface area contributed by atoms with Gasteiger partial charge in [0.1, 0.15) is 0 Å². The van der Waals surface area contributed by atoms with E-state index in [0.29, 0.717) is 12.5 Å². The minimum atomic E-state index is 0.141. The summed E-state index contributed by atoms with van der Waals surface area (Å²) in [5.74, 6) is 0.585. The molecule has 2 unspecified atom stereocenters. The molecule has 18 heavy (non-hydrogen) atoms. The Labute approximate surface area is 110 Å². The first-order chi connectivity index (χ1) is 8.77. The Hall–Kier alpha value is -0.900. The van der Waals surface area contributed by atoms with Gasteiger partial charge in [-0.3, -0.25) is 0 Å². The predicted molar refractivity (Wildman–Crippen MR) is 75.0 cm³/mol. The number of benzene rings is 1. The van der Waals surface area contributed by atoms with E-state index in [9.17, 15) is 0 Å². The Bertz CT molecular complexity index is 303. The lowest BCUT2D eigenvalue weighted by Crippen LogP contribution is -2.32. The van der Waals surface area contributed by atoms with Crippen LogP contribution in [0.15, 0.2) is 30.3 Å². The van der Waals surface area contributed by atoms with Gasteiger partial charge < -0.3 is 14.8 Å². The lowest BCUT2D eigenvalue weighted by molar-refractivity contribution is 0.0290. The summed E-state index contributed by atoms with van der Waals surface area (Å²) in [6.07, 6.45) is 1.27. The van der Waals surface area contributed by atoms with Crippen LogP contribution in [0.4, 0.5) is 0 Å². The van der Waals surface area contributed by atoms with E-state index in [0.717, 1.165) is 19.5 Å². The van der Waals surface area contributed by atoms with Gasteiger partial charge >= 0.3 is 0 Å². The number of nitrogens with one attached hydrogen (secondary N) is 1. The van der Waals surface area contributed by atoms with Gasteiger partial charge in [0.05, 0.1) is 12.7 Å². The molecule has 0 saturated heterocycles. The first kappa shape index (κ1) is 15.2. The third-order valence-electron chi connectivity index (χ3n) is 3.18. The molecule has 1 aromatic rings. The standard InChI is InChI=1S/C15H25NO2/c1-13(14-7-5-4-6-8-14)9-10-16-11-15(18-3)12-17-2/h4-8,13,15-16H,9-12H2,1-3H3. The zero-order valence-corrected chi connectivity index (χ0v) is 11.7. The maximum absolute atomic E-state index is 5.29. The highest BCUT2D eigenvalue weighted by atomic mass is 16.5. The maximum atomic E-state index is 5.29. The summed E-state index contributed by atoms with van der Waals surface area (Å²) in [7, 11) is 3.42. The van der Waals surface area contributed by atoms with E-state index < -0.39 is 0 Å². The molecule has 0 bridgehead atoms. The van der Waals surface area contributed by atoms with Gasteiger partial charge in [-0.05, 0) is 24.4 Å². The number of hydrogen-bond donors (Lipinski definition) is 1. The van der Waals surface area contributed by atoms with Gasteiger partial charge in [-0.1, -0.05) is 37.3 Å². The lowest BCUT2D eigenvalue weighted by Gasteiger charge is -2.16. The molecule has 0 radical (unpaired) electrons. The summed E-state index contributed by atoms with van der Waals surface area (Å²) in [6.45, 7) is 4.74. The van der Waals surface area contributed by atoms with Crippen molar-refractivity contribution in [1.82, 2.24) is 5.32 Å². The molecular weight excluding hydrogens is 226 g/mol. The van der Waals surface area contributed by atoms with Crippen LogP contribution < -0.4 is 5.32 Å². The van der Waals surface area contributed by atoms with Crippen molar-refractivity contribution < 1.29 is 9.47 Å². The molecule has 1 aromatic carbocycles. The minimum Gasteiger partial charge on any atom is -0.382 e. The summed E-state index contributed by atoms with van der Waals surface area (Å²) in [4.78, 5) is 0. The van der Waals surface area contributed by atoms with Crippen LogP contribution in [0.5, 0.6) is 0 Å². The van der Waals surface area contributed by atoms with Crippen LogP contribution in [0.3, 0.4) is 0 Å². The Morgan fingerprint density at radius 3 is 2.50 bits per heavy atom. The highest BCUT2D eigenvalue weighted by molar-refractivity contribution is 5.18. The molecule has 0 aliphatic carbocycles. The van der Waals surface area contributed by atoms with Gasteiger partial charge in [0.15, 0.2) is 0 Å². The lowest BCUT2D eigenvalue weighted by atomic mass is 9.98. The average molecular weight is 251 g/mol. The van der Waals surface area contributed by atoms with E-state index in [1.54, 1.807) is 14.2 Å². The van der Waals surface area contributed by atoms with E-state index in [4.69, 9.17) is 9.47 Å². The van der Waals surface area contributed by atoms with Crippen molar-refractivity contribution in [2.75, 3.05) is 33.9 Å². The minimum absolute atomic E-state index is 0.141. The third kappa shape index (κ3) is 5.63. The molecule has 3 nitrogen and oxygen atoms in total. The molecule has 0 fully saturated rings. The van der Waals surface area contributed by atoms with E-state index in [-0.39, 0.29) is 6.10 Å². The molecule has 0 aromatic heterocycles. The summed E-state index contributed by atoms with van der Waals surface area (Å²) in [5.41, 5.74) is 1.40. The van der Waals surface area contributed by atoms with Crippen molar-refractivity contribution in [3.63, 3.8) is 0 Å². The molecule has 0 amide bonds. The van der Waals surface area contributed by atoms with Crippen LogP contribution >= 0.6 is 0 Å². The molecule has 0 saturated carbocycles. The van der Waals surface area contributed by atoms with Crippen LogP contribution in [0.1, 0.15) is 24.8 Å². The SMILES string of the molecule is COCC(CNCCC(C)c1ccccc1)OC. The van der Waals surface area contributed by atoms with Crippen LogP contribution in [0.25, 0.3) is 0 Å². The molecule has 0 aliphatic heterocycles. The number of ether oxygens (including phenoxy) is 2. The number of hydrogen-bond acceptors (Lipinski definition) is 3. The largest absolute Gasteiger partial charge is 0.382 e. The molecule has 0 heterocycles. The zero-order valence-electron chi connectivity index (χ0n) is 11.7. The molecule has 2 atom stereocenters. The van der Waals surface area contributed by atoms with E-state index in [2.05, 4.69) is 42.6 Å². The molecular formula is C15H25NO2. The van der Waals surface area contributed by atoms with Crippen molar-refractivity contribution in [3.05, 3.63) is 35.9 Å². The predicted octanol–water partition coefficient (Wildman–Crippen LogP) is 2.43. The third-order valence-corrected chi connectivity index (χ3v) is 3.18. The molecule has 102 valence electrons. The van der Waals surface area contributed by atoms with Gasteiger partial charge in [-0.25, -0.2) is 0 Å². The molecule has 1 rings (SSSR count). The van der Waals surface area contributed by atoms with Gasteiger partial charge in [0.2, 0.25) is 0 Å². The fourth-order valence-corrected chi connectivity index (χ4v) is 1.93. The first-order valence-corrected chi connectivity index (χ1v) is 6.55. The van der Waals surface area contributed by atoms with Crippen molar-refractivity contribution in [2.24, 2.45) is 0 Å². The molecule has 0 spiro atoms. The van der Waals surface area contributed by atoms with E-state index in [1.807, 2.05) is 0 Å². The monoisotopic (exact) mass is 251 g/mol. The van der Waals surface area contributed by atoms with E-state index in [1.165, 1.54) is 5.56 Å². The highest BCUT2D eigenvalue weighted by Crippen LogP contribution is 2.17. The van der Waals surface area contributed by atoms with Crippen LogP contribution in [-0.4, -0.2) is 40.0 Å². The van der Waals surface area contributed by atoms with Crippen molar-refractivity contribution in [1.29, 1.82) is 0 Å². The normalized spacial score (nSPS) is 14.4. The number of rotatable bonds is 9. The second kappa shape index (κ2) is 9.09. The first-order valence-electron chi connectivity index (χ1n) is 6.55. The molecule has 3 heteroatoms. The Morgan fingerprint density at radius 2 is 1.89 bits per heavy atom.